The molecule has 0 aliphatic heterocycles. The molecule has 0 aromatic carbocycles. The molecule has 0 aromatic heterocycles. The Morgan fingerprint density at radius 2 is 1.60 bits per heavy atom. The lowest BCUT2D eigenvalue weighted by Crippen LogP contribution is -2.40. The van der Waals surface area contributed by atoms with Gasteiger partial charge in [-0.3, -0.25) is 4.90 Å². The van der Waals surface area contributed by atoms with Crippen LogP contribution in [0.4, 0.5) is 0 Å². The molecular formula is C13H30N2. The summed E-state index contributed by atoms with van der Waals surface area (Å²) in [5.74, 6) is 0. The molecule has 0 unspecified atom stereocenters. The first-order chi connectivity index (χ1) is 7.15. The third-order valence-corrected chi connectivity index (χ3v) is 3.06. The van der Waals surface area contributed by atoms with Gasteiger partial charge in [0.25, 0.3) is 0 Å². The number of hydrogen-bond acceptors (Lipinski definition) is 2. The summed E-state index contributed by atoms with van der Waals surface area (Å²) in [4.78, 5) is 2.55. The summed E-state index contributed by atoms with van der Waals surface area (Å²) < 4.78 is 0. The summed E-state index contributed by atoms with van der Waals surface area (Å²) in [7, 11) is 0. The summed E-state index contributed by atoms with van der Waals surface area (Å²) >= 11 is 0. The average Bonchev–Trinajstić information content (AvgIpc) is 2.22. The third-order valence-electron chi connectivity index (χ3n) is 3.06. The van der Waals surface area contributed by atoms with Crippen molar-refractivity contribution in [2.24, 2.45) is 0 Å². The normalized spacial score (nSPS) is 12.0. The molecule has 0 rings (SSSR count). The number of rotatable bonds is 9. The molecule has 0 bridgehead atoms. The van der Waals surface area contributed by atoms with Crippen molar-refractivity contribution in [1.29, 1.82) is 0 Å². The van der Waals surface area contributed by atoms with Crippen LogP contribution in [0.15, 0.2) is 0 Å². The van der Waals surface area contributed by atoms with Crippen LogP contribution in [-0.4, -0.2) is 36.6 Å². The van der Waals surface area contributed by atoms with Gasteiger partial charge in [-0.1, -0.05) is 20.8 Å². The first-order valence-corrected chi connectivity index (χ1v) is 6.63. The Morgan fingerprint density at radius 1 is 1.00 bits per heavy atom. The second-order valence-electron chi connectivity index (χ2n) is 4.60. The fourth-order valence-corrected chi connectivity index (χ4v) is 1.91. The quantitative estimate of drug-likeness (QED) is 0.635. The van der Waals surface area contributed by atoms with Crippen LogP contribution in [0.1, 0.15) is 53.9 Å². The zero-order valence-corrected chi connectivity index (χ0v) is 11.3. The Bertz CT molecular complexity index is 130. The van der Waals surface area contributed by atoms with E-state index in [2.05, 4.69) is 44.8 Å². The fourth-order valence-electron chi connectivity index (χ4n) is 1.91. The van der Waals surface area contributed by atoms with Gasteiger partial charge in [-0.15, -0.1) is 0 Å². The van der Waals surface area contributed by atoms with Gasteiger partial charge >= 0.3 is 0 Å². The first kappa shape index (κ1) is 14.9. The standard InChI is InChI=1S/C13H30N2/c1-6-10-15(12(4)5)11-9-14-13(7-2)8-3/h12-14H,6-11H2,1-5H3. The Hall–Kier alpha value is -0.0800. The van der Waals surface area contributed by atoms with Crippen LogP contribution in [0, 0.1) is 0 Å². The van der Waals surface area contributed by atoms with Gasteiger partial charge < -0.3 is 5.32 Å². The van der Waals surface area contributed by atoms with Crippen molar-refractivity contribution in [3.05, 3.63) is 0 Å². The first-order valence-electron chi connectivity index (χ1n) is 6.63. The minimum Gasteiger partial charge on any atom is -0.313 e. The number of hydrogen-bond donors (Lipinski definition) is 1. The topological polar surface area (TPSA) is 15.3 Å². The van der Waals surface area contributed by atoms with E-state index in [1.54, 1.807) is 0 Å². The monoisotopic (exact) mass is 214 g/mol. The molecule has 2 nitrogen and oxygen atoms in total. The lowest BCUT2D eigenvalue weighted by Gasteiger charge is -2.27. The average molecular weight is 214 g/mol. The second-order valence-corrected chi connectivity index (χ2v) is 4.60. The molecule has 0 heterocycles. The summed E-state index contributed by atoms with van der Waals surface area (Å²) in [6.45, 7) is 14.9. The lowest BCUT2D eigenvalue weighted by atomic mass is 10.2. The molecule has 15 heavy (non-hydrogen) atoms. The molecule has 0 aliphatic rings. The molecule has 0 spiro atoms. The second kappa shape index (κ2) is 9.17. The molecule has 0 aromatic rings. The molecule has 92 valence electrons. The molecular weight excluding hydrogens is 184 g/mol. The zero-order chi connectivity index (χ0) is 11.7. The maximum Gasteiger partial charge on any atom is 0.0110 e. The Kier molecular flexibility index (Phi) is 9.12. The van der Waals surface area contributed by atoms with Gasteiger partial charge in [-0.25, -0.2) is 0 Å². The number of nitrogens with one attached hydrogen (secondary N) is 1. The van der Waals surface area contributed by atoms with Gasteiger partial charge in [0.1, 0.15) is 0 Å². The summed E-state index contributed by atoms with van der Waals surface area (Å²) in [5.41, 5.74) is 0. The summed E-state index contributed by atoms with van der Waals surface area (Å²) in [6.07, 6.45) is 3.74. The van der Waals surface area contributed by atoms with Crippen molar-refractivity contribution >= 4 is 0 Å². The van der Waals surface area contributed by atoms with Crippen LogP contribution in [0.2, 0.25) is 0 Å². The smallest absolute Gasteiger partial charge is 0.0110 e. The largest absolute Gasteiger partial charge is 0.313 e. The van der Waals surface area contributed by atoms with E-state index in [0.717, 1.165) is 6.54 Å². The van der Waals surface area contributed by atoms with Crippen LogP contribution in [-0.2, 0) is 0 Å². The van der Waals surface area contributed by atoms with E-state index in [1.165, 1.54) is 32.4 Å². The SMILES string of the molecule is CCCN(CCNC(CC)CC)C(C)C. The van der Waals surface area contributed by atoms with Crippen molar-refractivity contribution in [1.82, 2.24) is 10.2 Å². The minimum absolute atomic E-state index is 0.674. The highest BCUT2D eigenvalue weighted by Crippen LogP contribution is 2.00. The molecule has 0 aliphatic carbocycles. The van der Waals surface area contributed by atoms with Crippen LogP contribution in [0.25, 0.3) is 0 Å². The maximum absolute atomic E-state index is 3.62. The lowest BCUT2D eigenvalue weighted by molar-refractivity contribution is 0.218. The Balaban J connectivity index is 3.69. The highest BCUT2D eigenvalue weighted by atomic mass is 15.2. The van der Waals surface area contributed by atoms with Crippen molar-refractivity contribution in [3.8, 4) is 0 Å². The van der Waals surface area contributed by atoms with Crippen LogP contribution < -0.4 is 5.32 Å². The van der Waals surface area contributed by atoms with Crippen LogP contribution in [0.5, 0.6) is 0 Å². The minimum atomic E-state index is 0.674. The maximum atomic E-state index is 3.62. The van der Waals surface area contributed by atoms with Crippen LogP contribution in [0.3, 0.4) is 0 Å². The predicted octanol–water partition coefficient (Wildman–Crippen LogP) is 2.89. The summed E-state index contributed by atoms with van der Waals surface area (Å²) in [5, 5.41) is 3.62. The van der Waals surface area contributed by atoms with Gasteiger partial charge in [-0.05, 0) is 39.7 Å². The fraction of sp³-hybridized carbons (Fsp3) is 1.00. The van der Waals surface area contributed by atoms with E-state index in [9.17, 15) is 0 Å². The van der Waals surface area contributed by atoms with Gasteiger partial charge in [0.2, 0.25) is 0 Å². The third kappa shape index (κ3) is 6.91. The molecule has 0 fully saturated rings. The molecule has 0 saturated carbocycles. The van der Waals surface area contributed by atoms with Crippen LogP contribution >= 0.6 is 0 Å². The molecule has 0 amide bonds. The van der Waals surface area contributed by atoms with Crippen molar-refractivity contribution < 1.29 is 0 Å². The molecule has 0 radical (unpaired) electrons. The van der Waals surface area contributed by atoms with E-state index in [0.29, 0.717) is 12.1 Å². The van der Waals surface area contributed by atoms with Gasteiger partial charge in [-0.2, -0.15) is 0 Å². The molecule has 0 atom stereocenters. The van der Waals surface area contributed by atoms with Gasteiger partial charge in [0.15, 0.2) is 0 Å². The van der Waals surface area contributed by atoms with Gasteiger partial charge in [0, 0.05) is 25.2 Å². The molecule has 1 N–H and O–H groups in total. The number of nitrogens with zero attached hydrogens (tertiary/aromatic N) is 1. The zero-order valence-electron chi connectivity index (χ0n) is 11.3. The highest BCUT2D eigenvalue weighted by Gasteiger charge is 2.08. The van der Waals surface area contributed by atoms with Gasteiger partial charge in [0.05, 0.1) is 0 Å². The summed E-state index contributed by atoms with van der Waals surface area (Å²) in [6, 6.07) is 1.38. The van der Waals surface area contributed by atoms with E-state index in [1.807, 2.05) is 0 Å². The Morgan fingerprint density at radius 3 is 2.00 bits per heavy atom. The van der Waals surface area contributed by atoms with Crippen molar-refractivity contribution in [2.45, 2.75) is 66.0 Å². The van der Waals surface area contributed by atoms with E-state index in [-0.39, 0.29) is 0 Å². The molecule has 2 heteroatoms. The molecule has 0 saturated heterocycles. The van der Waals surface area contributed by atoms with E-state index < -0.39 is 0 Å². The predicted molar refractivity (Wildman–Crippen MR) is 69.4 cm³/mol. The van der Waals surface area contributed by atoms with E-state index in [4.69, 9.17) is 0 Å². The Labute approximate surface area is 96.4 Å². The van der Waals surface area contributed by atoms with Crippen molar-refractivity contribution in [3.63, 3.8) is 0 Å². The van der Waals surface area contributed by atoms with Crippen molar-refractivity contribution in [2.75, 3.05) is 19.6 Å². The van der Waals surface area contributed by atoms with E-state index >= 15 is 0 Å². The highest BCUT2D eigenvalue weighted by molar-refractivity contribution is 4.67.